The van der Waals surface area contributed by atoms with E-state index in [9.17, 15) is 0 Å². The molecule has 0 aliphatic rings. The van der Waals surface area contributed by atoms with E-state index in [0.29, 0.717) is 11.7 Å². The molecule has 216 valence electrons. The lowest BCUT2D eigenvalue weighted by Gasteiger charge is -2.11. The average Bonchev–Trinajstić information content (AvgIpc) is 3.74. The van der Waals surface area contributed by atoms with E-state index in [4.69, 9.17) is 18.8 Å². The Morgan fingerprint density at radius 1 is 0.391 bits per heavy atom. The highest BCUT2D eigenvalue weighted by Crippen LogP contribution is 2.39. The predicted molar refractivity (Wildman–Crippen MR) is 184 cm³/mol. The van der Waals surface area contributed by atoms with Gasteiger partial charge in [-0.25, -0.2) is 15.0 Å². The average molecular weight is 592 g/mol. The molecule has 0 aliphatic heterocycles. The fourth-order valence-electron chi connectivity index (χ4n) is 6.08. The fourth-order valence-corrected chi connectivity index (χ4v) is 6.08. The summed E-state index contributed by atoms with van der Waals surface area (Å²) in [4.78, 5) is 14.9. The van der Waals surface area contributed by atoms with Crippen molar-refractivity contribution in [3.63, 3.8) is 0 Å². The highest BCUT2D eigenvalue weighted by atomic mass is 16.3. The molecule has 0 spiro atoms. The lowest BCUT2D eigenvalue weighted by Crippen LogP contribution is -1.96. The smallest absolute Gasteiger partial charge is 0.227 e. The van der Waals surface area contributed by atoms with Crippen LogP contribution >= 0.6 is 0 Å². The van der Waals surface area contributed by atoms with Crippen LogP contribution in [0.2, 0.25) is 0 Å². The van der Waals surface area contributed by atoms with Crippen LogP contribution < -0.4 is 0 Å². The molecule has 0 unspecified atom stereocenters. The minimum absolute atomic E-state index is 0.561. The molecule has 5 nitrogen and oxygen atoms in total. The molecule has 0 fully saturated rings. The minimum atomic E-state index is 0.561. The van der Waals surface area contributed by atoms with Gasteiger partial charge < -0.3 is 8.83 Å². The van der Waals surface area contributed by atoms with E-state index in [1.807, 2.05) is 72.8 Å². The van der Waals surface area contributed by atoms with Crippen molar-refractivity contribution < 1.29 is 8.83 Å². The van der Waals surface area contributed by atoms with Crippen molar-refractivity contribution in [1.29, 1.82) is 0 Å². The van der Waals surface area contributed by atoms with Gasteiger partial charge in [0.2, 0.25) is 5.89 Å². The highest BCUT2D eigenvalue weighted by Gasteiger charge is 2.18. The van der Waals surface area contributed by atoms with Gasteiger partial charge in [0, 0.05) is 33.0 Å². The summed E-state index contributed by atoms with van der Waals surface area (Å²) in [6.45, 7) is 0. The number of furan rings is 1. The van der Waals surface area contributed by atoms with E-state index in [0.717, 1.165) is 72.2 Å². The van der Waals surface area contributed by atoms with Crippen molar-refractivity contribution in [2.75, 3.05) is 0 Å². The third-order valence-corrected chi connectivity index (χ3v) is 8.36. The van der Waals surface area contributed by atoms with Gasteiger partial charge in [0.1, 0.15) is 16.7 Å². The van der Waals surface area contributed by atoms with Crippen LogP contribution in [0.3, 0.4) is 0 Å². The number of nitrogens with zero attached hydrogens (tertiary/aromatic N) is 3. The molecule has 0 radical (unpaired) electrons. The van der Waals surface area contributed by atoms with Gasteiger partial charge in [0.05, 0.1) is 11.4 Å². The van der Waals surface area contributed by atoms with Crippen LogP contribution in [0.15, 0.2) is 160 Å². The van der Waals surface area contributed by atoms with Gasteiger partial charge in [-0.2, -0.15) is 0 Å². The summed E-state index contributed by atoms with van der Waals surface area (Å²) < 4.78 is 12.5. The van der Waals surface area contributed by atoms with Crippen LogP contribution in [-0.4, -0.2) is 15.0 Å². The maximum absolute atomic E-state index is 6.41. The summed E-state index contributed by atoms with van der Waals surface area (Å²) in [6.07, 6.45) is 0. The van der Waals surface area contributed by atoms with Gasteiger partial charge >= 0.3 is 0 Å². The van der Waals surface area contributed by atoms with E-state index < -0.39 is 0 Å². The Labute approximate surface area is 264 Å². The fraction of sp³-hybridized carbons (Fsp3) is 0. The van der Waals surface area contributed by atoms with E-state index in [1.54, 1.807) is 0 Å². The molecule has 46 heavy (non-hydrogen) atoms. The first-order valence-corrected chi connectivity index (χ1v) is 15.2. The molecule has 0 bridgehead atoms. The Morgan fingerprint density at radius 3 is 1.76 bits per heavy atom. The van der Waals surface area contributed by atoms with Gasteiger partial charge in [-0.15, -0.1) is 0 Å². The van der Waals surface area contributed by atoms with Crippen molar-refractivity contribution in [3.8, 4) is 56.5 Å². The first-order chi connectivity index (χ1) is 22.8. The zero-order chi connectivity index (χ0) is 30.5. The third-order valence-electron chi connectivity index (χ3n) is 8.36. The Hall–Kier alpha value is -6.33. The quantitative estimate of drug-likeness (QED) is 0.199. The number of benzene rings is 6. The summed E-state index contributed by atoms with van der Waals surface area (Å²) in [5.41, 5.74) is 11.0. The van der Waals surface area contributed by atoms with Crippen LogP contribution in [0.4, 0.5) is 0 Å². The van der Waals surface area contributed by atoms with Crippen LogP contribution in [0, 0.1) is 0 Å². The largest absolute Gasteiger partial charge is 0.456 e. The van der Waals surface area contributed by atoms with Crippen molar-refractivity contribution in [2.45, 2.75) is 0 Å². The van der Waals surface area contributed by atoms with Gasteiger partial charge in [0.15, 0.2) is 11.4 Å². The van der Waals surface area contributed by atoms with Crippen LogP contribution in [-0.2, 0) is 0 Å². The topological polar surface area (TPSA) is 65.0 Å². The SMILES string of the molecule is c1ccc(-c2ccc(-c3cc(-c4ccccc4)nc(-c4cccc5oc6cc(-c7nc8ccccc8o7)ccc6c45)n3)cc2)cc1. The zero-order valence-corrected chi connectivity index (χ0v) is 24.6. The standard InChI is InChI=1S/C41H25N3O2/c1-3-10-26(11-4-1)27-18-20-29(21-19-27)35-25-34(28-12-5-2-6-13-28)42-40(43-35)32-14-9-17-37-39(32)31-23-22-30(24-38(31)45-37)41-44-33-15-7-8-16-36(33)46-41/h1-25H. The normalized spacial score (nSPS) is 11.5. The predicted octanol–water partition coefficient (Wildman–Crippen LogP) is 10.9. The summed E-state index contributed by atoms with van der Waals surface area (Å²) in [5.74, 6) is 1.20. The lowest BCUT2D eigenvalue weighted by molar-refractivity contribution is 0.619. The maximum atomic E-state index is 6.41. The van der Waals surface area contributed by atoms with E-state index in [1.165, 1.54) is 5.56 Å². The van der Waals surface area contributed by atoms with Crippen molar-refractivity contribution in [3.05, 3.63) is 152 Å². The summed E-state index contributed by atoms with van der Waals surface area (Å²) in [7, 11) is 0. The maximum Gasteiger partial charge on any atom is 0.227 e. The Bertz CT molecular complexity index is 2480. The second-order valence-electron chi connectivity index (χ2n) is 11.2. The van der Waals surface area contributed by atoms with Gasteiger partial charge in [-0.3, -0.25) is 0 Å². The van der Waals surface area contributed by atoms with Gasteiger partial charge in [-0.1, -0.05) is 109 Å². The molecule has 0 saturated heterocycles. The van der Waals surface area contributed by atoms with Crippen molar-refractivity contribution in [2.24, 2.45) is 0 Å². The number of hydrogen-bond donors (Lipinski definition) is 0. The van der Waals surface area contributed by atoms with Crippen molar-refractivity contribution in [1.82, 2.24) is 15.0 Å². The second-order valence-corrected chi connectivity index (χ2v) is 11.2. The van der Waals surface area contributed by atoms with Crippen LogP contribution in [0.5, 0.6) is 0 Å². The molecule has 6 aromatic carbocycles. The van der Waals surface area contributed by atoms with E-state index >= 15 is 0 Å². The summed E-state index contributed by atoms with van der Waals surface area (Å²) in [5, 5.41) is 1.95. The van der Waals surface area contributed by atoms with E-state index in [-0.39, 0.29) is 0 Å². The Kier molecular flexibility index (Phi) is 6.06. The molecular formula is C41H25N3O2. The number of fused-ring (bicyclic) bond motifs is 4. The summed E-state index contributed by atoms with van der Waals surface area (Å²) in [6, 6.07) is 51.2. The van der Waals surface area contributed by atoms with Gasteiger partial charge in [0.25, 0.3) is 0 Å². The third kappa shape index (κ3) is 4.54. The molecule has 0 aliphatic carbocycles. The van der Waals surface area contributed by atoms with Crippen LogP contribution in [0.1, 0.15) is 0 Å². The molecule has 3 heterocycles. The second kappa shape index (κ2) is 10.7. The summed E-state index contributed by atoms with van der Waals surface area (Å²) >= 11 is 0. The molecule has 9 rings (SSSR count). The molecule has 0 saturated carbocycles. The number of hydrogen-bond acceptors (Lipinski definition) is 5. The Balaban J connectivity index is 1.19. The van der Waals surface area contributed by atoms with Crippen LogP contribution in [0.25, 0.3) is 89.5 Å². The van der Waals surface area contributed by atoms with Crippen molar-refractivity contribution >= 4 is 33.0 Å². The lowest BCUT2D eigenvalue weighted by atomic mass is 10.0. The number of oxazole rings is 1. The molecule has 0 N–H and O–H groups in total. The highest BCUT2D eigenvalue weighted by molar-refractivity contribution is 6.12. The first kappa shape index (κ1) is 26.1. The van der Waals surface area contributed by atoms with Gasteiger partial charge in [-0.05, 0) is 53.6 Å². The molecule has 5 heteroatoms. The Morgan fingerprint density at radius 2 is 1.00 bits per heavy atom. The van der Waals surface area contributed by atoms with E-state index in [2.05, 4.69) is 83.8 Å². The minimum Gasteiger partial charge on any atom is -0.456 e. The molecule has 0 amide bonds. The number of rotatable bonds is 5. The zero-order valence-electron chi connectivity index (χ0n) is 24.6. The molecule has 0 atom stereocenters. The number of para-hydroxylation sites is 2. The monoisotopic (exact) mass is 591 g/mol. The molecular weight excluding hydrogens is 566 g/mol. The molecule has 9 aromatic rings. The number of aromatic nitrogens is 3. The molecule has 3 aromatic heterocycles. The first-order valence-electron chi connectivity index (χ1n) is 15.2.